The van der Waals surface area contributed by atoms with Gasteiger partial charge in [-0.3, -0.25) is 9.69 Å². The molecule has 1 saturated heterocycles. The Kier molecular flexibility index (Phi) is 4.54. The average Bonchev–Trinajstić information content (AvgIpc) is 2.76. The number of benzene rings is 1. The van der Waals surface area contributed by atoms with Crippen LogP contribution in [-0.4, -0.2) is 34.9 Å². The van der Waals surface area contributed by atoms with Crippen molar-refractivity contribution in [2.45, 2.75) is 58.4 Å². The molecule has 0 radical (unpaired) electrons. The van der Waals surface area contributed by atoms with Gasteiger partial charge in [-0.2, -0.15) is 0 Å². The molecule has 0 aromatic heterocycles. The van der Waals surface area contributed by atoms with E-state index in [2.05, 4.69) is 5.32 Å². The fraction of sp³-hybridized carbons (Fsp3) is 0.526. The highest BCUT2D eigenvalue weighted by atomic mass is 16.5. The third kappa shape index (κ3) is 3.25. The van der Waals surface area contributed by atoms with Crippen LogP contribution in [0, 0.1) is 20.8 Å². The lowest BCUT2D eigenvalue weighted by Gasteiger charge is -2.30. The number of aryl methyl sites for hydroxylation is 3. The van der Waals surface area contributed by atoms with Crippen LogP contribution in [0.25, 0.3) is 0 Å². The van der Waals surface area contributed by atoms with E-state index in [9.17, 15) is 14.4 Å². The molecule has 1 spiro atoms. The van der Waals surface area contributed by atoms with Gasteiger partial charge in [0.1, 0.15) is 17.8 Å². The Morgan fingerprint density at radius 1 is 1.12 bits per heavy atom. The van der Waals surface area contributed by atoms with Crippen molar-refractivity contribution in [3.05, 3.63) is 28.8 Å². The zero-order valence-corrected chi connectivity index (χ0v) is 15.0. The molecular weight excluding hydrogens is 320 g/mol. The van der Waals surface area contributed by atoms with Crippen molar-refractivity contribution in [2.24, 2.45) is 0 Å². The minimum absolute atomic E-state index is 0.300. The summed E-state index contributed by atoms with van der Waals surface area (Å²) in [5, 5.41) is 2.80. The van der Waals surface area contributed by atoms with Crippen LogP contribution in [0.3, 0.4) is 0 Å². The fourth-order valence-corrected chi connectivity index (χ4v) is 3.92. The van der Waals surface area contributed by atoms with E-state index >= 15 is 0 Å². The summed E-state index contributed by atoms with van der Waals surface area (Å²) in [6, 6.07) is 3.36. The number of amides is 3. The summed E-state index contributed by atoms with van der Waals surface area (Å²) in [6.07, 6.45) is 4.16. The van der Waals surface area contributed by atoms with Gasteiger partial charge < -0.3 is 10.1 Å². The second kappa shape index (κ2) is 6.50. The first-order chi connectivity index (χ1) is 11.8. The second-order valence-corrected chi connectivity index (χ2v) is 7.17. The first kappa shape index (κ1) is 17.5. The van der Waals surface area contributed by atoms with Crippen LogP contribution in [0.15, 0.2) is 12.1 Å². The lowest BCUT2D eigenvalue weighted by molar-refractivity contribution is -0.141. The third-order valence-corrected chi connectivity index (χ3v) is 5.06. The number of ether oxygens (including phenoxy) is 1. The molecule has 2 aliphatic rings. The topological polar surface area (TPSA) is 75.7 Å². The molecule has 25 heavy (non-hydrogen) atoms. The van der Waals surface area contributed by atoms with Crippen LogP contribution < -0.4 is 10.1 Å². The van der Waals surface area contributed by atoms with Crippen LogP contribution in [-0.2, 0) is 9.59 Å². The molecule has 3 rings (SSSR count). The third-order valence-electron chi connectivity index (χ3n) is 5.06. The maximum atomic E-state index is 12.7. The van der Waals surface area contributed by atoms with Gasteiger partial charge in [0.15, 0.2) is 0 Å². The Morgan fingerprint density at radius 2 is 1.72 bits per heavy atom. The summed E-state index contributed by atoms with van der Waals surface area (Å²) < 4.78 is 5.45. The van der Waals surface area contributed by atoms with E-state index < -0.39 is 17.5 Å². The number of esters is 1. The Balaban J connectivity index is 1.71. The SMILES string of the molecule is Cc1cc(C)c(OC(=O)CN2C(=O)NC3(CCCCC3)C2=O)c(C)c1. The van der Waals surface area contributed by atoms with Gasteiger partial charge in [0.25, 0.3) is 5.91 Å². The van der Waals surface area contributed by atoms with Crippen molar-refractivity contribution in [2.75, 3.05) is 6.54 Å². The minimum Gasteiger partial charge on any atom is -0.425 e. The summed E-state index contributed by atoms with van der Waals surface area (Å²) in [4.78, 5) is 38.2. The summed E-state index contributed by atoms with van der Waals surface area (Å²) in [6.45, 7) is 5.35. The normalized spacial score (nSPS) is 19.2. The van der Waals surface area contributed by atoms with Gasteiger partial charge in [-0.25, -0.2) is 9.59 Å². The summed E-state index contributed by atoms with van der Waals surface area (Å²) in [7, 11) is 0. The molecular formula is C19H24N2O4. The van der Waals surface area contributed by atoms with Crippen molar-refractivity contribution < 1.29 is 19.1 Å². The molecule has 1 aromatic carbocycles. The van der Waals surface area contributed by atoms with Crippen LogP contribution in [0.1, 0.15) is 48.8 Å². The predicted molar refractivity (Wildman–Crippen MR) is 92.3 cm³/mol. The van der Waals surface area contributed by atoms with E-state index in [0.717, 1.165) is 40.9 Å². The van der Waals surface area contributed by atoms with Crippen molar-refractivity contribution in [1.29, 1.82) is 0 Å². The molecule has 2 fully saturated rings. The number of hydrogen-bond acceptors (Lipinski definition) is 4. The van der Waals surface area contributed by atoms with Crippen molar-refractivity contribution in [1.82, 2.24) is 10.2 Å². The van der Waals surface area contributed by atoms with Crippen molar-refractivity contribution in [3.63, 3.8) is 0 Å². The quantitative estimate of drug-likeness (QED) is 0.520. The summed E-state index contributed by atoms with van der Waals surface area (Å²) in [5.74, 6) is -0.409. The molecule has 6 heteroatoms. The molecule has 3 amide bonds. The van der Waals surface area contributed by atoms with Gasteiger partial charge in [0, 0.05) is 0 Å². The van der Waals surface area contributed by atoms with Crippen molar-refractivity contribution in [3.8, 4) is 5.75 Å². The zero-order chi connectivity index (χ0) is 18.2. The molecule has 0 bridgehead atoms. The lowest BCUT2D eigenvalue weighted by atomic mass is 9.82. The highest BCUT2D eigenvalue weighted by Crippen LogP contribution is 2.33. The van der Waals surface area contributed by atoms with E-state index in [-0.39, 0.29) is 12.5 Å². The largest absolute Gasteiger partial charge is 0.425 e. The molecule has 1 saturated carbocycles. The molecule has 134 valence electrons. The van der Waals surface area contributed by atoms with Crippen molar-refractivity contribution >= 4 is 17.9 Å². The summed E-state index contributed by atoms with van der Waals surface area (Å²) >= 11 is 0. The molecule has 1 heterocycles. The number of carbonyl (C=O) groups is 3. The Labute approximate surface area is 147 Å². The first-order valence-electron chi connectivity index (χ1n) is 8.75. The number of imide groups is 1. The first-order valence-corrected chi connectivity index (χ1v) is 8.75. The molecule has 6 nitrogen and oxygen atoms in total. The molecule has 1 aromatic rings. The van der Waals surface area contributed by atoms with Gasteiger partial charge in [-0.15, -0.1) is 0 Å². The van der Waals surface area contributed by atoms with Gasteiger partial charge in [-0.1, -0.05) is 37.0 Å². The van der Waals surface area contributed by atoms with Crippen LogP contribution in [0.2, 0.25) is 0 Å². The number of rotatable bonds is 3. The fourth-order valence-electron chi connectivity index (χ4n) is 3.92. The number of hydrogen-bond donors (Lipinski definition) is 1. The maximum Gasteiger partial charge on any atom is 0.331 e. The average molecular weight is 344 g/mol. The van der Waals surface area contributed by atoms with Gasteiger partial charge in [0.2, 0.25) is 0 Å². The second-order valence-electron chi connectivity index (χ2n) is 7.17. The molecule has 0 atom stereocenters. The van der Waals surface area contributed by atoms with Gasteiger partial charge in [-0.05, 0) is 44.7 Å². The van der Waals surface area contributed by atoms with Gasteiger partial charge in [0.05, 0.1) is 0 Å². The monoisotopic (exact) mass is 344 g/mol. The highest BCUT2D eigenvalue weighted by molar-refractivity contribution is 6.08. The van der Waals surface area contributed by atoms with E-state index in [1.807, 2.05) is 32.9 Å². The van der Waals surface area contributed by atoms with Crippen LogP contribution in [0.4, 0.5) is 4.79 Å². The molecule has 1 aliphatic heterocycles. The Hall–Kier alpha value is -2.37. The maximum absolute atomic E-state index is 12.7. The summed E-state index contributed by atoms with van der Waals surface area (Å²) in [5.41, 5.74) is 1.98. The molecule has 1 aliphatic carbocycles. The molecule has 1 N–H and O–H groups in total. The van der Waals surface area contributed by atoms with Crippen LogP contribution in [0.5, 0.6) is 5.75 Å². The highest BCUT2D eigenvalue weighted by Gasteiger charge is 2.51. The van der Waals surface area contributed by atoms with E-state index in [1.54, 1.807) is 0 Å². The Bertz CT molecular complexity index is 712. The lowest BCUT2D eigenvalue weighted by Crippen LogP contribution is -2.48. The number of nitrogens with zero attached hydrogens (tertiary/aromatic N) is 1. The Morgan fingerprint density at radius 3 is 2.32 bits per heavy atom. The minimum atomic E-state index is -0.814. The zero-order valence-electron chi connectivity index (χ0n) is 15.0. The number of urea groups is 1. The van der Waals surface area contributed by atoms with E-state index in [4.69, 9.17) is 4.74 Å². The van der Waals surface area contributed by atoms with E-state index in [1.165, 1.54) is 0 Å². The van der Waals surface area contributed by atoms with Gasteiger partial charge >= 0.3 is 12.0 Å². The van der Waals surface area contributed by atoms with Crippen LogP contribution >= 0.6 is 0 Å². The van der Waals surface area contributed by atoms with E-state index in [0.29, 0.717) is 18.6 Å². The smallest absolute Gasteiger partial charge is 0.331 e. The standard InChI is InChI=1S/C19H24N2O4/c1-12-9-13(2)16(14(3)10-12)25-15(22)11-21-17(23)19(20-18(21)24)7-5-4-6-8-19/h9-10H,4-8,11H2,1-3H3,(H,20,24). The number of nitrogens with one attached hydrogen (secondary N) is 1. The predicted octanol–water partition coefficient (Wildman–Crippen LogP) is 2.77. The number of carbonyl (C=O) groups excluding carboxylic acids is 3. The molecule has 0 unspecified atom stereocenters.